The topological polar surface area (TPSA) is 97.6 Å². The van der Waals surface area contributed by atoms with E-state index in [1.54, 1.807) is 0 Å². The maximum Gasteiger partial charge on any atom is 0.309 e. The normalized spacial score (nSPS) is 27.4. The molecule has 1 amide bonds. The van der Waals surface area contributed by atoms with Gasteiger partial charge in [-0.3, -0.25) is 14.5 Å². The van der Waals surface area contributed by atoms with Crippen LogP contribution in [-0.2, 0) is 9.53 Å². The first-order valence-corrected chi connectivity index (χ1v) is 8.76. The zero-order chi connectivity index (χ0) is 16.5. The van der Waals surface area contributed by atoms with Gasteiger partial charge >= 0.3 is 5.97 Å². The number of carbonyl (C=O) groups is 2. The molecule has 24 heavy (non-hydrogen) atoms. The summed E-state index contributed by atoms with van der Waals surface area (Å²) in [6.07, 6.45) is 5.63. The molecule has 3 fully saturated rings. The standard InChI is InChI=1S/C16H22N4O4/c21-14(17-11-3-4-11)13-18-15(24-19-13)12-2-1-7-20(12)8-5-10-6-9-23-16(10)22/h10-12H,1-9H2,(H,17,21)/t10-,12-/m0/s1. The lowest BCUT2D eigenvalue weighted by atomic mass is 10.0. The molecule has 1 aliphatic carbocycles. The second-order valence-electron chi connectivity index (χ2n) is 6.84. The van der Waals surface area contributed by atoms with Crippen LogP contribution in [0.15, 0.2) is 4.52 Å². The van der Waals surface area contributed by atoms with Crippen LogP contribution < -0.4 is 5.32 Å². The number of hydrogen-bond donors (Lipinski definition) is 1. The van der Waals surface area contributed by atoms with E-state index >= 15 is 0 Å². The van der Waals surface area contributed by atoms with E-state index in [4.69, 9.17) is 9.26 Å². The van der Waals surface area contributed by atoms with Gasteiger partial charge in [-0.25, -0.2) is 0 Å². The molecule has 0 aromatic carbocycles. The van der Waals surface area contributed by atoms with Crippen LogP contribution in [0.5, 0.6) is 0 Å². The molecule has 2 atom stereocenters. The third kappa shape index (κ3) is 3.28. The summed E-state index contributed by atoms with van der Waals surface area (Å²) in [5, 5.41) is 6.69. The lowest BCUT2D eigenvalue weighted by molar-refractivity contribution is -0.141. The van der Waals surface area contributed by atoms with Crippen LogP contribution >= 0.6 is 0 Å². The molecule has 1 aromatic heterocycles. The minimum atomic E-state index is -0.259. The van der Waals surface area contributed by atoms with E-state index in [2.05, 4.69) is 20.4 Å². The fourth-order valence-electron chi connectivity index (χ4n) is 3.44. The molecule has 1 aromatic rings. The molecule has 4 rings (SSSR count). The SMILES string of the molecule is O=C(NC1CC1)c1noc([C@@H]2CCCN2CC[C@H]2CCOC2=O)n1. The Morgan fingerprint density at radius 3 is 2.92 bits per heavy atom. The summed E-state index contributed by atoms with van der Waals surface area (Å²) < 4.78 is 10.4. The van der Waals surface area contributed by atoms with E-state index in [0.717, 1.165) is 51.6 Å². The molecular formula is C16H22N4O4. The quantitative estimate of drug-likeness (QED) is 0.777. The molecule has 0 unspecified atom stereocenters. The number of aromatic nitrogens is 2. The van der Waals surface area contributed by atoms with Gasteiger partial charge in [0.1, 0.15) is 0 Å². The summed E-state index contributed by atoms with van der Waals surface area (Å²) in [6.45, 7) is 2.28. The van der Waals surface area contributed by atoms with Crippen LogP contribution in [-0.4, -0.2) is 52.7 Å². The third-order valence-corrected chi connectivity index (χ3v) is 5.01. The van der Waals surface area contributed by atoms with Gasteiger partial charge in [0.05, 0.1) is 18.6 Å². The van der Waals surface area contributed by atoms with E-state index < -0.39 is 0 Å². The van der Waals surface area contributed by atoms with Crippen LogP contribution in [0.2, 0.25) is 0 Å². The van der Waals surface area contributed by atoms with Crippen molar-refractivity contribution in [3.8, 4) is 0 Å². The molecule has 1 saturated carbocycles. The van der Waals surface area contributed by atoms with Crippen molar-refractivity contribution in [2.45, 2.75) is 50.6 Å². The van der Waals surface area contributed by atoms with Crippen molar-refractivity contribution < 1.29 is 18.8 Å². The number of likely N-dealkylation sites (tertiary alicyclic amines) is 1. The van der Waals surface area contributed by atoms with Crippen molar-refractivity contribution >= 4 is 11.9 Å². The number of nitrogens with zero attached hydrogens (tertiary/aromatic N) is 3. The first-order valence-electron chi connectivity index (χ1n) is 8.76. The van der Waals surface area contributed by atoms with E-state index in [0.29, 0.717) is 12.5 Å². The van der Waals surface area contributed by atoms with E-state index in [1.165, 1.54) is 0 Å². The van der Waals surface area contributed by atoms with Gasteiger partial charge in [-0.1, -0.05) is 5.16 Å². The molecule has 2 saturated heterocycles. The minimum absolute atomic E-state index is 0.00816. The molecule has 0 bridgehead atoms. The second-order valence-corrected chi connectivity index (χ2v) is 6.84. The van der Waals surface area contributed by atoms with Gasteiger partial charge in [0.15, 0.2) is 0 Å². The molecule has 130 valence electrons. The highest BCUT2D eigenvalue weighted by Crippen LogP contribution is 2.32. The van der Waals surface area contributed by atoms with Crippen LogP contribution in [0.3, 0.4) is 0 Å². The summed E-state index contributed by atoms with van der Waals surface area (Å²) in [4.78, 5) is 30.1. The van der Waals surface area contributed by atoms with Gasteiger partial charge in [-0.15, -0.1) is 0 Å². The van der Waals surface area contributed by atoms with E-state index in [-0.39, 0.29) is 35.7 Å². The predicted octanol–water partition coefficient (Wildman–Crippen LogP) is 1.05. The first kappa shape index (κ1) is 15.6. The number of rotatable bonds is 6. The third-order valence-electron chi connectivity index (χ3n) is 5.01. The summed E-state index contributed by atoms with van der Waals surface area (Å²) in [7, 11) is 0. The van der Waals surface area contributed by atoms with Crippen molar-refractivity contribution in [3.63, 3.8) is 0 Å². The number of hydrogen-bond acceptors (Lipinski definition) is 7. The van der Waals surface area contributed by atoms with Crippen LogP contribution in [0.4, 0.5) is 0 Å². The average Bonchev–Trinajstić information content (AvgIpc) is 2.97. The van der Waals surface area contributed by atoms with Crippen molar-refractivity contribution in [1.29, 1.82) is 0 Å². The van der Waals surface area contributed by atoms with E-state index in [1.807, 2.05) is 0 Å². The summed E-state index contributed by atoms with van der Waals surface area (Å²) >= 11 is 0. The Hall–Kier alpha value is -1.96. The fourth-order valence-corrected chi connectivity index (χ4v) is 3.44. The molecule has 3 heterocycles. The van der Waals surface area contributed by atoms with Gasteiger partial charge in [0, 0.05) is 6.04 Å². The van der Waals surface area contributed by atoms with Crippen molar-refractivity contribution in [2.75, 3.05) is 19.7 Å². The molecule has 0 radical (unpaired) electrons. The van der Waals surface area contributed by atoms with Crippen LogP contribution in [0, 0.1) is 5.92 Å². The van der Waals surface area contributed by atoms with Gasteiger partial charge in [0.2, 0.25) is 5.89 Å². The summed E-state index contributed by atoms with van der Waals surface area (Å²) in [5.74, 6) is 0.285. The Balaban J connectivity index is 1.36. The van der Waals surface area contributed by atoms with Crippen LogP contribution in [0.1, 0.15) is 61.1 Å². The number of esters is 1. The second kappa shape index (κ2) is 6.51. The Morgan fingerprint density at radius 2 is 2.17 bits per heavy atom. The molecule has 2 aliphatic heterocycles. The Kier molecular flexibility index (Phi) is 4.22. The van der Waals surface area contributed by atoms with Crippen molar-refractivity contribution in [3.05, 3.63) is 11.7 Å². The molecule has 8 nitrogen and oxygen atoms in total. The van der Waals surface area contributed by atoms with Crippen LogP contribution in [0.25, 0.3) is 0 Å². The number of cyclic esters (lactones) is 1. The van der Waals surface area contributed by atoms with Crippen molar-refractivity contribution in [2.24, 2.45) is 5.92 Å². The number of carbonyl (C=O) groups excluding carboxylic acids is 2. The monoisotopic (exact) mass is 334 g/mol. The lowest BCUT2D eigenvalue weighted by Crippen LogP contribution is -2.28. The lowest BCUT2D eigenvalue weighted by Gasteiger charge is -2.22. The summed E-state index contributed by atoms with van der Waals surface area (Å²) in [5.41, 5.74) is 0. The number of amides is 1. The maximum atomic E-state index is 12.0. The zero-order valence-corrected chi connectivity index (χ0v) is 13.6. The highest BCUT2D eigenvalue weighted by Gasteiger charge is 2.34. The zero-order valence-electron chi connectivity index (χ0n) is 13.6. The smallest absolute Gasteiger partial charge is 0.309 e. The molecule has 1 N–H and O–H groups in total. The minimum Gasteiger partial charge on any atom is -0.465 e. The fraction of sp³-hybridized carbons (Fsp3) is 0.750. The van der Waals surface area contributed by atoms with Crippen molar-refractivity contribution in [1.82, 2.24) is 20.4 Å². The molecular weight excluding hydrogens is 312 g/mol. The largest absolute Gasteiger partial charge is 0.465 e. The number of nitrogens with one attached hydrogen (secondary N) is 1. The number of ether oxygens (including phenoxy) is 1. The molecule has 3 aliphatic rings. The Bertz CT molecular complexity index is 627. The van der Waals surface area contributed by atoms with Gasteiger partial charge in [0.25, 0.3) is 11.7 Å². The van der Waals surface area contributed by atoms with Gasteiger partial charge < -0.3 is 14.6 Å². The molecule has 0 spiro atoms. The molecule has 8 heteroatoms. The maximum absolute atomic E-state index is 12.0. The average molecular weight is 334 g/mol. The first-order chi connectivity index (χ1) is 11.7. The Labute approximate surface area is 139 Å². The highest BCUT2D eigenvalue weighted by molar-refractivity contribution is 5.90. The van der Waals surface area contributed by atoms with Gasteiger partial charge in [-0.05, 0) is 51.6 Å². The predicted molar refractivity (Wildman–Crippen MR) is 82.0 cm³/mol. The highest BCUT2D eigenvalue weighted by atomic mass is 16.5. The van der Waals surface area contributed by atoms with Gasteiger partial charge in [-0.2, -0.15) is 4.98 Å². The summed E-state index contributed by atoms with van der Waals surface area (Å²) in [6, 6.07) is 0.311. The van der Waals surface area contributed by atoms with E-state index in [9.17, 15) is 9.59 Å². The Morgan fingerprint density at radius 1 is 1.29 bits per heavy atom.